The molecule has 2 aliphatic heterocycles. The summed E-state index contributed by atoms with van der Waals surface area (Å²) >= 11 is 0. The number of fused-ring (bicyclic) bond motifs is 1. The number of aliphatic hydroxyl groups is 1. The van der Waals surface area contributed by atoms with E-state index < -0.39 is 36.4 Å². The Morgan fingerprint density at radius 2 is 1.98 bits per heavy atom. The lowest BCUT2D eigenvalue weighted by atomic mass is 9.99. The largest absolute Gasteiger partial charge is 0.399 e. The number of hydrogen-bond donors (Lipinski definition) is 3. The van der Waals surface area contributed by atoms with Gasteiger partial charge in [-0.2, -0.15) is 0 Å². The Morgan fingerprint density at radius 1 is 1.20 bits per heavy atom. The zero-order valence-corrected chi connectivity index (χ0v) is 22.9. The number of alkyl halides is 2. The van der Waals surface area contributed by atoms with Crippen LogP contribution in [0.3, 0.4) is 0 Å². The first-order chi connectivity index (χ1) is 19.7. The summed E-state index contributed by atoms with van der Waals surface area (Å²) in [4.78, 5) is 41.5. The van der Waals surface area contributed by atoms with Crippen molar-refractivity contribution in [3.05, 3.63) is 53.5 Å². The molecule has 1 saturated carbocycles. The van der Waals surface area contributed by atoms with E-state index in [1.54, 1.807) is 0 Å². The molecule has 3 heterocycles. The molecule has 3 N–H and O–H groups in total. The van der Waals surface area contributed by atoms with Gasteiger partial charge < -0.3 is 25.5 Å². The highest BCUT2D eigenvalue weighted by molar-refractivity contribution is 6.40. The van der Waals surface area contributed by atoms with Crippen LogP contribution in [0.1, 0.15) is 40.9 Å². The van der Waals surface area contributed by atoms with E-state index in [0.717, 1.165) is 43.6 Å². The predicted molar refractivity (Wildman–Crippen MR) is 147 cm³/mol. The SMILES string of the molecule is CON=C(C(=O)N1CCC(Nc2cc(C(=O)NC[C@H](O)CN3CCc4ccccc4C3)ncn2)C(F)(F)C1)C1CC1. The van der Waals surface area contributed by atoms with Crippen molar-refractivity contribution in [2.45, 2.75) is 50.3 Å². The van der Waals surface area contributed by atoms with E-state index in [-0.39, 0.29) is 42.7 Å². The molecule has 5 rings (SSSR count). The van der Waals surface area contributed by atoms with E-state index in [4.69, 9.17) is 4.84 Å². The summed E-state index contributed by atoms with van der Waals surface area (Å²) in [6.07, 6.45) is 2.80. The lowest BCUT2D eigenvalue weighted by Crippen LogP contribution is -2.57. The first-order valence-electron chi connectivity index (χ1n) is 13.9. The van der Waals surface area contributed by atoms with Crippen LogP contribution < -0.4 is 10.6 Å². The highest BCUT2D eigenvalue weighted by Gasteiger charge is 2.48. The van der Waals surface area contributed by atoms with Crippen LogP contribution in [0.15, 0.2) is 41.8 Å². The maximum Gasteiger partial charge on any atom is 0.285 e. The van der Waals surface area contributed by atoms with Gasteiger partial charge in [0.1, 0.15) is 30.7 Å². The number of anilines is 1. The number of nitrogens with one attached hydrogen (secondary N) is 2. The molecule has 3 aliphatic rings. The van der Waals surface area contributed by atoms with E-state index in [0.29, 0.717) is 6.54 Å². The molecule has 11 nitrogen and oxygen atoms in total. The van der Waals surface area contributed by atoms with Crippen LogP contribution in [0.5, 0.6) is 0 Å². The third kappa shape index (κ3) is 7.14. The van der Waals surface area contributed by atoms with Gasteiger partial charge in [0.25, 0.3) is 17.7 Å². The number of oxime groups is 1. The number of hydrogen-bond acceptors (Lipinski definition) is 9. The topological polar surface area (TPSA) is 132 Å². The average molecular weight is 572 g/mol. The van der Waals surface area contributed by atoms with Crippen LogP contribution in [-0.4, -0.2) is 100 Å². The van der Waals surface area contributed by atoms with Crippen LogP contribution in [-0.2, 0) is 22.6 Å². The van der Waals surface area contributed by atoms with Gasteiger partial charge in [0, 0.05) is 44.7 Å². The molecule has 0 spiro atoms. The molecular formula is C28H35F2N7O4. The second-order valence-corrected chi connectivity index (χ2v) is 10.8. The van der Waals surface area contributed by atoms with Gasteiger partial charge in [-0.15, -0.1) is 0 Å². The third-order valence-electron chi connectivity index (χ3n) is 7.66. The summed E-state index contributed by atoms with van der Waals surface area (Å²) in [6.45, 7) is 1.33. The Morgan fingerprint density at radius 3 is 2.71 bits per heavy atom. The minimum atomic E-state index is -3.25. The molecule has 2 aromatic rings. The standard InChI is InChI=1S/C28H35F2N7O4/c1-41-35-25(19-6-7-19)27(40)37-11-9-23(28(29,30)16-37)34-24-12-22(32-17-33-24)26(39)31-13-21(38)15-36-10-8-18-4-2-3-5-20(18)14-36/h2-5,12,17,19,21,23,38H,6-11,13-16H2,1H3,(H,31,39)(H,32,33,34)/t21-,23?/m0/s1. The van der Waals surface area contributed by atoms with Crippen LogP contribution in [0.4, 0.5) is 14.6 Å². The van der Waals surface area contributed by atoms with Gasteiger partial charge in [-0.1, -0.05) is 29.4 Å². The number of carbonyl (C=O) groups is 2. The van der Waals surface area contributed by atoms with E-state index in [1.807, 2.05) is 12.1 Å². The molecule has 1 saturated heterocycles. The Balaban J connectivity index is 1.12. The summed E-state index contributed by atoms with van der Waals surface area (Å²) in [5.74, 6) is -4.29. The number of nitrogens with zero attached hydrogens (tertiary/aromatic N) is 5. The van der Waals surface area contributed by atoms with E-state index >= 15 is 8.78 Å². The van der Waals surface area contributed by atoms with Gasteiger partial charge >= 0.3 is 0 Å². The van der Waals surface area contributed by atoms with Crippen molar-refractivity contribution >= 4 is 23.3 Å². The monoisotopic (exact) mass is 571 g/mol. The fourth-order valence-corrected chi connectivity index (χ4v) is 5.31. The molecule has 13 heteroatoms. The molecule has 1 unspecified atom stereocenters. The van der Waals surface area contributed by atoms with Crippen molar-refractivity contribution in [3.8, 4) is 0 Å². The fourth-order valence-electron chi connectivity index (χ4n) is 5.31. The average Bonchev–Trinajstić information content (AvgIpc) is 3.81. The van der Waals surface area contributed by atoms with Crippen molar-refractivity contribution in [2.75, 3.05) is 45.2 Å². The maximum absolute atomic E-state index is 15.1. The summed E-state index contributed by atoms with van der Waals surface area (Å²) < 4.78 is 30.2. The van der Waals surface area contributed by atoms with Crippen LogP contribution in [0.2, 0.25) is 0 Å². The number of amides is 2. The molecule has 0 radical (unpaired) electrons. The van der Waals surface area contributed by atoms with Gasteiger partial charge in [-0.25, -0.2) is 18.7 Å². The van der Waals surface area contributed by atoms with E-state index in [9.17, 15) is 14.7 Å². The van der Waals surface area contributed by atoms with Crippen LogP contribution >= 0.6 is 0 Å². The number of halogens is 2. The predicted octanol–water partition coefficient (Wildman–Crippen LogP) is 1.69. The number of rotatable bonds is 10. The van der Waals surface area contributed by atoms with E-state index in [1.165, 1.54) is 24.3 Å². The number of benzene rings is 1. The molecule has 1 aliphatic carbocycles. The molecule has 2 atom stereocenters. The second kappa shape index (κ2) is 12.4. The zero-order valence-electron chi connectivity index (χ0n) is 22.9. The molecule has 1 aromatic carbocycles. The molecular weight excluding hydrogens is 536 g/mol. The number of aliphatic hydroxyl groups excluding tert-OH is 1. The van der Waals surface area contributed by atoms with Crippen molar-refractivity contribution in [1.29, 1.82) is 0 Å². The first kappa shape index (κ1) is 28.8. The summed E-state index contributed by atoms with van der Waals surface area (Å²) in [5, 5.41) is 19.7. The molecule has 2 amide bonds. The normalized spacial score (nSPS) is 21.5. The zero-order chi connectivity index (χ0) is 29.0. The Kier molecular flexibility index (Phi) is 8.74. The van der Waals surface area contributed by atoms with Gasteiger partial charge in [0.2, 0.25) is 0 Å². The molecule has 2 fully saturated rings. The lowest BCUT2D eigenvalue weighted by Gasteiger charge is -2.38. The van der Waals surface area contributed by atoms with Crippen molar-refractivity contribution < 1.29 is 28.3 Å². The van der Waals surface area contributed by atoms with Gasteiger partial charge in [0.05, 0.1) is 18.7 Å². The minimum Gasteiger partial charge on any atom is -0.399 e. The number of piperidine rings is 1. The quantitative estimate of drug-likeness (QED) is 0.290. The number of carbonyl (C=O) groups excluding carboxylic acids is 2. The van der Waals surface area contributed by atoms with Crippen molar-refractivity contribution in [1.82, 2.24) is 25.1 Å². The third-order valence-corrected chi connectivity index (χ3v) is 7.66. The fraction of sp³-hybridized carbons (Fsp3) is 0.536. The number of β-amino-alcohol motifs (C(OH)–C–C–N with tert-alkyl or cyclic N) is 1. The van der Waals surface area contributed by atoms with Gasteiger partial charge in [-0.05, 0) is 36.8 Å². The molecule has 220 valence electrons. The highest BCUT2D eigenvalue weighted by atomic mass is 19.3. The van der Waals surface area contributed by atoms with Gasteiger partial charge in [0.15, 0.2) is 0 Å². The maximum atomic E-state index is 15.1. The Labute approximate surface area is 237 Å². The smallest absolute Gasteiger partial charge is 0.285 e. The Hall–Kier alpha value is -3.71. The number of likely N-dealkylation sites (tertiary alicyclic amines) is 1. The van der Waals surface area contributed by atoms with E-state index in [2.05, 4.69) is 42.8 Å². The number of aromatic nitrogens is 2. The van der Waals surface area contributed by atoms with Crippen molar-refractivity contribution in [3.63, 3.8) is 0 Å². The minimum absolute atomic E-state index is 0.0117. The molecule has 41 heavy (non-hydrogen) atoms. The summed E-state index contributed by atoms with van der Waals surface area (Å²) in [7, 11) is 1.33. The van der Waals surface area contributed by atoms with Crippen LogP contribution in [0, 0.1) is 5.92 Å². The summed E-state index contributed by atoms with van der Waals surface area (Å²) in [6, 6.07) is 8.22. The lowest BCUT2D eigenvalue weighted by molar-refractivity contribution is -0.136. The molecule has 1 aromatic heterocycles. The summed E-state index contributed by atoms with van der Waals surface area (Å²) in [5.41, 5.74) is 2.73. The van der Waals surface area contributed by atoms with Crippen LogP contribution in [0.25, 0.3) is 0 Å². The molecule has 0 bridgehead atoms. The second-order valence-electron chi connectivity index (χ2n) is 10.8. The highest BCUT2D eigenvalue weighted by Crippen LogP contribution is 2.34. The Bertz CT molecular complexity index is 1290. The van der Waals surface area contributed by atoms with Crippen molar-refractivity contribution in [2.24, 2.45) is 11.1 Å². The van der Waals surface area contributed by atoms with Gasteiger partial charge in [-0.3, -0.25) is 14.5 Å². The first-order valence-corrected chi connectivity index (χ1v) is 13.9.